The summed E-state index contributed by atoms with van der Waals surface area (Å²) in [6, 6.07) is 0. The fraction of sp³-hybridized carbons (Fsp3) is 0.913. The summed E-state index contributed by atoms with van der Waals surface area (Å²) < 4.78 is 10.8. The molecular formula is C23H44O4. The highest BCUT2D eigenvalue weighted by Gasteiger charge is 2.21. The first-order chi connectivity index (χ1) is 12.9. The largest absolute Gasteiger partial charge is 0.466 e. The van der Waals surface area contributed by atoms with Crippen LogP contribution in [0.1, 0.15) is 112 Å². The maximum Gasteiger partial charge on any atom is 0.306 e. The zero-order valence-corrected chi connectivity index (χ0v) is 18.6. The molecule has 4 nitrogen and oxygen atoms in total. The molecule has 0 fully saturated rings. The topological polar surface area (TPSA) is 52.6 Å². The molecule has 0 bridgehead atoms. The number of carbonyl (C=O) groups excluding carboxylic acids is 2. The summed E-state index contributed by atoms with van der Waals surface area (Å²) in [4.78, 5) is 23.6. The highest BCUT2D eigenvalue weighted by molar-refractivity contribution is 5.70. The molecule has 0 amide bonds. The van der Waals surface area contributed by atoms with Gasteiger partial charge in [-0.2, -0.15) is 0 Å². The molecule has 0 aromatic carbocycles. The molecule has 0 aliphatic heterocycles. The van der Waals surface area contributed by atoms with E-state index in [1.807, 2.05) is 0 Å². The van der Waals surface area contributed by atoms with Crippen LogP contribution in [0.2, 0.25) is 0 Å². The van der Waals surface area contributed by atoms with Crippen LogP contribution in [0.15, 0.2) is 0 Å². The molecule has 0 aliphatic rings. The van der Waals surface area contributed by atoms with E-state index >= 15 is 0 Å². The van der Waals surface area contributed by atoms with Gasteiger partial charge in [-0.3, -0.25) is 9.59 Å². The number of esters is 2. The summed E-state index contributed by atoms with van der Waals surface area (Å²) in [5.41, 5.74) is 0. The molecule has 4 heteroatoms. The first-order valence-corrected chi connectivity index (χ1v) is 11.2. The number of ether oxygens (including phenoxy) is 2. The van der Waals surface area contributed by atoms with Crippen molar-refractivity contribution in [2.75, 3.05) is 6.61 Å². The van der Waals surface area contributed by atoms with E-state index in [1.54, 1.807) is 0 Å². The Bertz CT molecular complexity index is 369. The maximum absolute atomic E-state index is 11.9. The van der Waals surface area contributed by atoms with Crippen molar-refractivity contribution in [3.8, 4) is 0 Å². The van der Waals surface area contributed by atoms with E-state index < -0.39 is 0 Å². The van der Waals surface area contributed by atoms with Gasteiger partial charge in [0, 0.05) is 12.8 Å². The van der Waals surface area contributed by atoms with E-state index in [4.69, 9.17) is 9.47 Å². The van der Waals surface area contributed by atoms with Gasteiger partial charge in [-0.05, 0) is 31.1 Å². The van der Waals surface area contributed by atoms with E-state index in [0.29, 0.717) is 44.1 Å². The van der Waals surface area contributed by atoms with Crippen LogP contribution in [0, 0.1) is 11.8 Å². The molecule has 0 N–H and O–H groups in total. The van der Waals surface area contributed by atoms with Crippen molar-refractivity contribution in [2.45, 2.75) is 118 Å². The lowest BCUT2D eigenvalue weighted by molar-refractivity contribution is -0.154. The Labute approximate surface area is 167 Å². The van der Waals surface area contributed by atoms with Crippen molar-refractivity contribution in [3.63, 3.8) is 0 Å². The van der Waals surface area contributed by atoms with Crippen LogP contribution in [0.25, 0.3) is 0 Å². The van der Waals surface area contributed by atoms with Crippen LogP contribution in [0.4, 0.5) is 0 Å². The predicted molar refractivity (Wildman–Crippen MR) is 112 cm³/mol. The zero-order chi connectivity index (χ0) is 20.5. The molecule has 0 spiro atoms. The second-order valence-corrected chi connectivity index (χ2v) is 8.34. The van der Waals surface area contributed by atoms with Gasteiger partial charge in [-0.15, -0.1) is 0 Å². The van der Waals surface area contributed by atoms with E-state index in [0.717, 1.165) is 12.8 Å². The molecule has 0 rings (SSSR count). The van der Waals surface area contributed by atoms with Crippen molar-refractivity contribution in [1.29, 1.82) is 0 Å². The molecule has 0 heterocycles. The lowest BCUT2D eigenvalue weighted by Gasteiger charge is -2.24. The molecule has 0 saturated carbocycles. The van der Waals surface area contributed by atoms with E-state index in [2.05, 4.69) is 34.6 Å². The van der Waals surface area contributed by atoms with Crippen molar-refractivity contribution in [3.05, 3.63) is 0 Å². The van der Waals surface area contributed by atoms with Gasteiger partial charge in [-0.1, -0.05) is 79.6 Å². The molecule has 0 unspecified atom stereocenters. The number of rotatable bonds is 17. The van der Waals surface area contributed by atoms with Crippen LogP contribution in [-0.4, -0.2) is 24.6 Å². The van der Waals surface area contributed by atoms with Gasteiger partial charge >= 0.3 is 11.9 Å². The predicted octanol–water partition coefficient (Wildman–Crippen LogP) is 6.45. The lowest BCUT2D eigenvalue weighted by atomic mass is 9.96. The van der Waals surface area contributed by atoms with Crippen molar-refractivity contribution in [2.24, 2.45) is 11.8 Å². The summed E-state index contributed by atoms with van der Waals surface area (Å²) in [6.45, 7) is 11.0. The van der Waals surface area contributed by atoms with Crippen molar-refractivity contribution in [1.82, 2.24) is 0 Å². The van der Waals surface area contributed by atoms with Gasteiger partial charge in [0.2, 0.25) is 0 Å². The van der Waals surface area contributed by atoms with Crippen molar-refractivity contribution >= 4 is 11.9 Å². The van der Waals surface area contributed by atoms with E-state index in [9.17, 15) is 9.59 Å². The average molecular weight is 385 g/mol. The fourth-order valence-electron chi connectivity index (χ4n) is 3.29. The molecule has 0 saturated heterocycles. The number of unbranched alkanes of at least 4 members (excludes halogenated alkanes) is 8. The van der Waals surface area contributed by atoms with Gasteiger partial charge in [0.1, 0.15) is 6.10 Å². The van der Waals surface area contributed by atoms with Crippen LogP contribution in [0.3, 0.4) is 0 Å². The van der Waals surface area contributed by atoms with Gasteiger partial charge < -0.3 is 9.47 Å². The molecule has 0 aliphatic carbocycles. The van der Waals surface area contributed by atoms with E-state index in [-0.39, 0.29) is 18.0 Å². The maximum atomic E-state index is 11.9. The van der Waals surface area contributed by atoms with Gasteiger partial charge in [0.25, 0.3) is 0 Å². The Kier molecular flexibility index (Phi) is 16.4. The molecule has 160 valence electrons. The summed E-state index contributed by atoms with van der Waals surface area (Å²) in [6.07, 6.45) is 12.0. The van der Waals surface area contributed by atoms with Crippen LogP contribution in [-0.2, 0) is 19.1 Å². The standard InChI is InChI=1S/C23H44O4/c1-6-7-8-9-10-11-12-15-18-26-21(24)16-13-14-17-22(25)27-23(19(2)3)20(4)5/h19-20,23H,6-18H2,1-5H3. The first-order valence-electron chi connectivity index (χ1n) is 11.2. The summed E-state index contributed by atoms with van der Waals surface area (Å²) in [5, 5.41) is 0. The third-order valence-corrected chi connectivity index (χ3v) is 4.85. The third-order valence-electron chi connectivity index (χ3n) is 4.85. The second-order valence-electron chi connectivity index (χ2n) is 8.34. The number of carbonyl (C=O) groups is 2. The highest BCUT2D eigenvalue weighted by Crippen LogP contribution is 2.17. The minimum atomic E-state index is -0.158. The summed E-state index contributed by atoms with van der Waals surface area (Å²) >= 11 is 0. The van der Waals surface area contributed by atoms with E-state index in [1.165, 1.54) is 38.5 Å². The Balaban J connectivity index is 3.57. The summed E-state index contributed by atoms with van der Waals surface area (Å²) in [7, 11) is 0. The second kappa shape index (κ2) is 17.1. The molecule has 27 heavy (non-hydrogen) atoms. The van der Waals surface area contributed by atoms with Crippen LogP contribution >= 0.6 is 0 Å². The molecular weight excluding hydrogens is 340 g/mol. The Morgan fingerprint density at radius 2 is 1.15 bits per heavy atom. The zero-order valence-electron chi connectivity index (χ0n) is 18.6. The number of hydrogen-bond acceptors (Lipinski definition) is 4. The molecule has 0 radical (unpaired) electrons. The normalized spacial score (nSPS) is 11.4. The van der Waals surface area contributed by atoms with Gasteiger partial charge in [0.15, 0.2) is 0 Å². The highest BCUT2D eigenvalue weighted by atomic mass is 16.5. The molecule has 0 atom stereocenters. The molecule has 0 aromatic rings. The van der Waals surface area contributed by atoms with Crippen molar-refractivity contribution < 1.29 is 19.1 Å². The monoisotopic (exact) mass is 384 g/mol. The lowest BCUT2D eigenvalue weighted by Crippen LogP contribution is -2.28. The Hall–Kier alpha value is -1.06. The van der Waals surface area contributed by atoms with Crippen LogP contribution < -0.4 is 0 Å². The van der Waals surface area contributed by atoms with Gasteiger partial charge in [0.05, 0.1) is 6.61 Å². The minimum absolute atomic E-state index is 0.0332. The SMILES string of the molecule is CCCCCCCCCCOC(=O)CCCCC(=O)OC(C(C)C)C(C)C. The minimum Gasteiger partial charge on any atom is -0.466 e. The Morgan fingerprint density at radius 1 is 0.667 bits per heavy atom. The smallest absolute Gasteiger partial charge is 0.306 e. The molecule has 0 aromatic heterocycles. The Morgan fingerprint density at radius 3 is 1.67 bits per heavy atom. The average Bonchev–Trinajstić information content (AvgIpc) is 2.61. The van der Waals surface area contributed by atoms with Crippen LogP contribution in [0.5, 0.6) is 0 Å². The first kappa shape index (κ1) is 25.9. The quantitative estimate of drug-likeness (QED) is 0.213. The number of hydrogen-bond donors (Lipinski definition) is 0. The fourth-order valence-corrected chi connectivity index (χ4v) is 3.29. The third kappa shape index (κ3) is 15.7. The van der Waals surface area contributed by atoms with Gasteiger partial charge in [-0.25, -0.2) is 0 Å². The summed E-state index contributed by atoms with van der Waals surface area (Å²) in [5.74, 6) is 0.337.